The van der Waals surface area contributed by atoms with Gasteiger partial charge in [0.15, 0.2) is 5.43 Å². The third kappa shape index (κ3) is 4.16. The van der Waals surface area contributed by atoms with Crippen molar-refractivity contribution in [2.45, 2.75) is 18.7 Å². The van der Waals surface area contributed by atoms with Crippen LogP contribution in [0.3, 0.4) is 0 Å². The topological polar surface area (TPSA) is 68.4 Å². The van der Waals surface area contributed by atoms with Gasteiger partial charge in [0.05, 0.1) is 25.0 Å². The number of hydrogen-bond donors (Lipinski definition) is 1. The van der Waals surface area contributed by atoms with Crippen molar-refractivity contribution in [2.24, 2.45) is 0 Å². The molecule has 0 aliphatic rings. The summed E-state index contributed by atoms with van der Waals surface area (Å²) in [5.41, 5.74) is -1.25. The Morgan fingerprint density at radius 3 is 2.58 bits per heavy atom. The molecule has 0 amide bonds. The molecule has 0 saturated heterocycles. The number of carbonyl (C=O) groups excluding carboxylic acids is 1. The molecule has 1 aromatic heterocycles. The molecule has 0 aliphatic heterocycles. The van der Waals surface area contributed by atoms with Gasteiger partial charge in [0, 0.05) is 11.8 Å². The van der Waals surface area contributed by atoms with E-state index in [0.717, 1.165) is 13.3 Å². The SMILES string of the molecule is COC(=O)Cc1c[nH]c(OC(F)(F)F)c(CCl)c1=O. The third-order valence-electron chi connectivity index (χ3n) is 2.13. The van der Waals surface area contributed by atoms with Crippen molar-refractivity contribution >= 4 is 17.6 Å². The van der Waals surface area contributed by atoms with Gasteiger partial charge in [-0.15, -0.1) is 24.8 Å². The molecule has 0 bridgehead atoms. The molecule has 1 rings (SSSR count). The van der Waals surface area contributed by atoms with Crippen molar-refractivity contribution < 1.29 is 27.4 Å². The largest absolute Gasteiger partial charge is 0.574 e. The molecule has 0 unspecified atom stereocenters. The molecule has 0 aromatic carbocycles. The van der Waals surface area contributed by atoms with E-state index in [4.69, 9.17) is 11.6 Å². The number of pyridine rings is 1. The maximum Gasteiger partial charge on any atom is 0.574 e. The van der Waals surface area contributed by atoms with E-state index in [1.165, 1.54) is 0 Å². The summed E-state index contributed by atoms with van der Waals surface area (Å²) in [5, 5.41) is 0. The molecule has 1 heterocycles. The predicted molar refractivity (Wildman–Crippen MR) is 59.0 cm³/mol. The van der Waals surface area contributed by atoms with Gasteiger partial charge in [0.1, 0.15) is 0 Å². The van der Waals surface area contributed by atoms with Gasteiger partial charge in [-0.3, -0.25) is 9.59 Å². The molecule has 1 aromatic rings. The van der Waals surface area contributed by atoms with Gasteiger partial charge in [0.2, 0.25) is 5.88 Å². The molecule has 106 valence electrons. The highest BCUT2D eigenvalue weighted by atomic mass is 35.5. The van der Waals surface area contributed by atoms with Crippen molar-refractivity contribution in [3.05, 3.63) is 27.5 Å². The first-order chi connectivity index (χ1) is 8.78. The number of esters is 1. The van der Waals surface area contributed by atoms with Crippen LogP contribution in [-0.2, 0) is 21.8 Å². The molecule has 19 heavy (non-hydrogen) atoms. The predicted octanol–water partition coefficient (Wildman–Crippen LogP) is 1.73. The highest BCUT2D eigenvalue weighted by molar-refractivity contribution is 6.17. The Labute approximate surface area is 110 Å². The van der Waals surface area contributed by atoms with Crippen LogP contribution in [-0.4, -0.2) is 24.4 Å². The number of halogens is 4. The van der Waals surface area contributed by atoms with Crippen LogP contribution in [0.4, 0.5) is 13.2 Å². The van der Waals surface area contributed by atoms with E-state index in [2.05, 4.69) is 14.5 Å². The lowest BCUT2D eigenvalue weighted by molar-refractivity contribution is -0.276. The second kappa shape index (κ2) is 5.96. The molecule has 0 fully saturated rings. The average Bonchev–Trinajstić information content (AvgIpc) is 2.31. The molecule has 0 radical (unpaired) electrons. The molecule has 1 N–H and O–H groups in total. The smallest absolute Gasteiger partial charge is 0.469 e. The van der Waals surface area contributed by atoms with E-state index in [1.807, 2.05) is 0 Å². The van der Waals surface area contributed by atoms with Gasteiger partial charge in [0.25, 0.3) is 0 Å². The Hall–Kier alpha value is -1.70. The normalized spacial score (nSPS) is 11.2. The fourth-order valence-corrected chi connectivity index (χ4v) is 1.53. The van der Waals surface area contributed by atoms with E-state index >= 15 is 0 Å². The Morgan fingerprint density at radius 2 is 2.11 bits per heavy atom. The number of alkyl halides is 4. The molecule has 0 aliphatic carbocycles. The van der Waals surface area contributed by atoms with Crippen molar-refractivity contribution in [2.75, 3.05) is 7.11 Å². The van der Waals surface area contributed by atoms with Crippen LogP contribution in [0.2, 0.25) is 0 Å². The average molecular weight is 300 g/mol. The number of nitrogens with one attached hydrogen (secondary N) is 1. The maximum atomic E-state index is 12.1. The zero-order valence-electron chi connectivity index (χ0n) is 9.64. The number of hydrogen-bond acceptors (Lipinski definition) is 4. The van der Waals surface area contributed by atoms with Gasteiger partial charge in [-0.1, -0.05) is 0 Å². The maximum absolute atomic E-state index is 12.1. The molecule has 9 heteroatoms. The fraction of sp³-hybridized carbons (Fsp3) is 0.400. The summed E-state index contributed by atoms with van der Waals surface area (Å²) in [6.45, 7) is 0. The quantitative estimate of drug-likeness (QED) is 0.679. The van der Waals surface area contributed by atoms with Crippen molar-refractivity contribution in [1.29, 1.82) is 0 Å². The summed E-state index contributed by atoms with van der Waals surface area (Å²) in [5.74, 6) is -1.98. The summed E-state index contributed by atoms with van der Waals surface area (Å²) in [6.07, 6.45) is -4.37. The second-order valence-electron chi connectivity index (χ2n) is 3.39. The number of aromatic amines is 1. The van der Waals surface area contributed by atoms with Crippen LogP contribution < -0.4 is 10.2 Å². The highest BCUT2D eigenvalue weighted by Crippen LogP contribution is 2.23. The van der Waals surface area contributed by atoms with Crippen LogP contribution in [0.15, 0.2) is 11.0 Å². The minimum Gasteiger partial charge on any atom is -0.469 e. The zero-order valence-corrected chi connectivity index (χ0v) is 10.4. The monoisotopic (exact) mass is 299 g/mol. The summed E-state index contributed by atoms with van der Waals surface area (Å²) < 4.78 is 44.3. The van der Waals surface area contributed by atoms with Crippen molar-refractivity contribution in [1.82, 2.24) is 4.98 Å². The number of aromatic nitrogens is 1. The van der Waals surface area contributed by atoms with Crippen molar-refractivity contribution in [3.8, 4) is 5.88 Å². The minimum atomic E-state index is -4.95. The molecular formula is C10H9ClF3NO4. The fourth-order valence-electron chi connectivity index (χ4n) is 1.29. The Kier molecular flexibility index (Phi) is 4.82. The van der Waals surface area contributed by atoms with E-state index < -0.39 is 35.1 Å². The Bertz CT molecular complexity index is 526. The first-order valence-electron chi connectivity index (χ1n) is 4.90. The standard InChI is InChI=1S/C10H9ClF3NO4/c1-18-7(16)2-5-4-15-9(19-10(12,13)14)6(3-11)8(5)17/h4H,2-3H2,1H3,(H,15,17). The number of rotatable bonds is 4. The van der Waals surface area contributed by atoms with Gasteiger partial charge >= 0.3 is 12.3 Å². The van der Waals surface area contributed by atoms with Crippen LogP contribution in [0.25, 0.3) is 0 Å². The van der Waals surface area contributed by atoms with Crippen LogP contribution in [0.1, 0.15) is 11.1 Å². The van der Waals surface area contributed by atoms with Gasteiger partial charge in [-0.25, -0.2) is 0 Å². The first-order valence-corrected chi connectivity index (χ1v) is 5.44. The summed E-state index contributed by atoms with van der Waals surface area (Å²) >= 11 is 5.43. The summed E-state index contributed by atoms with van der Waals surface area (Å²) in [6, 6.07) is 0. The minimum absolute atomic E-state index is 0.0583. The number of methoxy groups -OCH3 is 1. The summed E-state index contributed by atoms with van der Waals surface area (Å²) in [4.78, 5) is 25.0. The Morgan fingerprint density at radius 1 is 1.47 bits per heavy atom. The highest BCUT2D eigenvalue weighted by Gasteiger charge is 2.33. The van der Waals surface area contributed by atoms with Crippen LogP contribution >= 0.6 is 11.6 Å². The first kappa shape index (κ1) is 15.4. The molecule has 0 atom stereocenters. The lowest BCUT2D eigenvalue weighted by atomic mass is 10.1. The molecular weight excluding hydrogens is 291 g/mol. The number of carbonyl (C=O) groups is 1. The van der Waals surface area contributed by atoms with Crippen LogP contribution in [0.5, 0.6) is 5.88 Å². The van der Waals surface area contributed by atoms with Crippen LogP contribution in [0, 0.1) is 0 Å². The van der Waals surface area contributed by atoms with E-state index in [0.29, 0.717) is 0 Å². The molecule has 0 saturated carbocycles. The zero-order chi connectivity index (χ0) is 14.6. The number of H-pyrrole nitrogens is 1. The third-order valence-corrected chi connectivity index (χ3v) is 2.40. The van der Waals surface area contributed by atoms with Crippen molar-refractivity contribution in [3.63, 3.8) is 0 Å². The van der Waals surface area contributed by atoms with E-state index in [1.54, 1.807) is 0 Å². The van der Waals surface area contributed by atoms with E-state index in [9.17, 15) is 22.8 Å². The Balaban J connectivity index is 3.16. The molecule has 5 nitrogen and oxygen atoms in total. The van der Waals surface area contributed by atoms with E-state index in [-0.39, 0.29) is 12.0 Å². The molecule has 0 spiro atoms. The van der Waals surface area contributed by atoms with Gasteiger partial charge < -0.3 is 14.5 Å². The number of ether oxygens (including phenoxy) is 2. The lowest BCUT2D eigenvalue weighted by Gasteiger charge is -2.12. The summed E-state index contributed by atoms with van der Waals surface area (Å²) in [7, 11) is 1.13. The lowest BCUT2D eigenvalue weighted by Crippen LogP contribution is -2.24. The van der Waals surface area contributed by atoms with Gasteiger partial charge in [-0.2, -0.15) is 0 Å². The second-order valence-corrected chi connectivity index (χ2v) is 3.65. The van der Waals surface area contributed by atoms with Gasteiger partial charge in [-0.05, 0) is 0 Å².